The number of carbonyl (C=O) groups excluding carboxylic acids is 3. The van der Waals surface area contributed by atoms with Crippen LogP contribution in [0.5, 0.6) is 0 Å². The maximum absolute atomic E-state index is 11.5. The molecule has 0 spiro atoms. The summed E-state index contributed by atoms with van der Waals surface area (Å²) in [6.07, 6.45) is 0.406. The van der Waals surface area contributed by atoms with Crippen LogP contribution in [0.1, 0.15) is 20.3 Å². The van der Waals surface area contributed by atoms with E-state index in [0.29, 0.717) is 6.42 Å². The lowest BCUT2D eigenvalue weighted by molar-refractivity contribution is -0.130. The molecule has 0 aliphatic rings. The van der Waals surface area contributed by atoms with Crippen LogP contribution < -0.4 is 22.1 Å². The van der Waals surface area contributed by atoms with E-state index >= 15 is 0 Å². The fourth-order valence-electron chi connectivity index (χ4n) is 0.954. The first-order valence-corrected chi connectivity index (χ1v) is 5.00. The third kappa shape index (κ3) is 5.30. The smallest absolute Gasteiger partial charge is 0.243 e. The number of nitrogens with one attached hydrogen (secondary N) is 2. The Bertz CT molecular complexity index is 278. The maximum Gasteiger partial charge on any atom is 0.243 e. The monoisotopic (exact) mass is 230 g/mol. The van der Waals surface area contributed by atoms with Gasteiger partial charge in [-0.3, -0.25) is 14.4 Å². The Balaban J connectivity index is 4.22. The number of rotatable bonds is 6. The van der Waals surface area contributed by atoms with Gasteiger partial charge in [-0.05, 0) is 13.3 Å². The summed E-state index contributed by atoms with van der Waals surface area (Å²) in [6, 6.07) is -1.38. The fourth-order valence-corrected chi connectivity index (χ4v) is 0.954. The highest BCUT2D eigenvalue weighted by Crippen LogP contribution is 1.92. The molecule has 7 nitrogen and oxygen atoms in total. The molecule has 92 valence electrons. The molecule has 0 saturated heterocycles. The molecule has 0 aliphatic carbocycles. The molecular formula is C9H18N4O3. The quantitative estimate of drug-likeness (QED) is 0.414. The van der Waals surface area contributed by atoms with Crippen LogP contribution in [0.15, 0.2) is 0 Å². The van der Waals surface area contributed by atoms with E-state index in [0.717, 1.165) is 0 Å². The second-order valence-corrected chi connectivity index (χ2v) is 3.44. The normalized spacial score (nSPS) is 13.7. The molecule has 0 heterocycles. The topological polar surface area (TPSA) is 127 Å². The van der Waals surface area contributed by atoms with Gasteiger partial charge in [0.2, 0.25) is 17.7 Å². The second kappa shape index (κ2) is 6.78. The molecule has 0 aromatic rings. The van der Waals surface area contributed by atoms with Crippen LogP contribution in [0.2, 0.25) is 0 Å². The van der Waals surface area contributed by atoms with Crippen molar-refractivity contribution in [1.29, 1.82) is 0 Å². The SMILES string of the molecule is CC[C@@H](NC(=O)[C@@H](C)N)C(=O)NCC(N)=O. The number of hydrogen-bond donors (Lipinski definition) is 4. The Morgan fingerprint density at radius 1 is 1.25 bits per heavy atom. The van der Waals surface area contributed by atoms with Crippen LogP contribution in [0.3, 0.4) is 0 Å². The molecule has 0 radical (unpaired) electrons. The van der Waals surface area contributed by atoms with E-state index in [-0.39, 0.29) is 6.54 Å². The summed E-state index contributed by atoms with van der Waals surface area (Å²) in [5, 5.41) is 4.77. The average molecular weight is 230 g/mol. The largest absolute Gasteiger partial charge is 0.368 e. The zero-order valence-electron chi connectivity index (χ0n) is 9.45. The average Bonchev–Trinajstić information content (AvgIpc) is 2.21. The van der Waals surface area contributed by atoms with Crippen molar-refractivity contribution < 1.29 is 14.4 Å². The van der Waals surface area contributed by atoms with Gasteiger partial charge in [-0.1, -0.05) is 6.92 Å². The number of nitrogens with two attached hydrogens (primary N) is 2. The lowest BCUT2D eigenvalue weighted by atomic mass is 10.2. The van der Waals surface area contributed by atoms with E-state index in [9.17, 15) is 14.4 Å². The van der Waals surface area contributed by atoms with Crippen molar-refractivity contribution in [1.82, 2.24) is 10.6 Å². The van der Waals surface area contributed by atoms with E-state index < -0.39 is 29.8 Å². The number of hydrogen-bond acceptors (Lipinski definition) is 4. The minimum Gasteiger partial charge on any atom is -0.368 e. The first kappa shape index (κ1) is 14.4. The predicted octanol–water partition coefficient (Wildman–Crippen LogP) is -2.17. The lowest BCUT2D eigenvalue weighted by Crippen LogP contribution is -2.51. The molecule has 0 fully saturated rings. The van der Waals surface area contributed by atoms with Crippen LogP contribution in [0, 0.1) is 0 Å². The van der Waals surface area contributed by atoms with E-state index in [1.165, 1.54) is 6.92 Å². The maximum atomic E-state index is 11.5. The molecule has 0 aliphatic heterocycles. The second-order valence-electron chi connectivity index (χ2n) is 3.44. The van der Waals surface area contributed by atoms with Crippen LogP contribution in [0.4, 0.5) is 0 Å². The Hall–Kier alpha value is -1.63. The van der Waals surface area contributed by atoms with Gasteiger partial charge < -0.3 is 22.1 Å². The van der Waals surface area contributed by atoms with Gasteiger partial charge >= 0.3 is 0 Å². The summed E-state index contributed by atoms with van der Waals surface area (Å²) < 4.78 is 0. The van der Waals surface area contributed by atoms with Crippen molar-refractivity contribution in [2.24, 2.45) is 11.5 Å². The fraction of sp³-hybridized carbons (Fsp3) is 0.667. The van der Waals surface area contributed by atoms with E-state index in [1.54, 1.807) is 6.92 Å². The van der Waals surface area contributed by atoms with Crippen LogP contribution >= 0.6 is 0 Å². The molecule has 16 heavy (non-hydrogen) atoms. The van der Waals surface area contributed by atoms with Crippen molar-refractivity contribution in [2.45, 2.75) is 32.4 Å². The van der Waals surface area contributed by atoms with Crippen molar-refractivity contribution in [3.05, 3.63) is 0 Å². The van der Waals surface area contributed by atoms with Gasteiger partial charge in [0, 0.05) is 0 Å². The zero-order chi connectivity index (χ0) is 12.7. The summed E-state index contributed by atoms with van der Waals surface area (Å²) in [7, 11) is 0. The Kier molecular flexibility index (Phi) is 6.09. The predicted molar refractivity (Wildman–Crippen MR) is 58.1 cm³/mol. The molecule has 0 rings (SSSR count). The lowest BCUT2D eigenvalue weighted by Gasteiger charge is -2.17. The van der Waals surface area contributed by atoms with Crippen molar-refractivity contribution in [2.75, 3.05) is 6.54 Å². The number of amides is 3. The third-order valence-corrected chi connectivity index (χ3v) is 1.89. The highest BCUT2D eigenvalue weighted by atomic mass is 16.2. The van der Waals surface area contributed by atoms with E-state index in [1.807, 2.05) is 0 Å². The molecule has 0 bridgehead atoms. The number of carbonyl (C=O) groups is 3. The van der Waals surface area contributed by atoms with Gasteiger partial charge in [0.15, 0.2) is 0 Å². The summed E-state index contributed by atoms with van der Waals surface area (Å²) in [5.41, 5.74) is 10.2. The first-order valence-electron chi connectivity index (χ1n) is 5.00. The van der Waals surface area contributed by atoms with E-state index in [4.69, 9.17) is 11.5 Å². The molecule has 0 saturated carbocycles. The van der Waals surface area contributed by atoms with Gasteiger partial charge in [-0.2, -0.15) is 0 Å². The summed E-state index contributed by atoms with van der Waals surface area (Å²) >= 11 is 0. The molecule has 6 N–H and O–H groups in total. The minimum atomic E-state index is -0.696. The van der Waals surface area contributed by atoms with Crippen LogP contribution in [0.25, 0.3) is 0 Å². The van der Waals surface area contributed by atoms with Gasteiger partial charge in [-0.15, -0.1) is 0 Å². The molecule has 0 unspecified atom stereocenters. The van der Waals surface area contributed by atoms with Gasteiger partial charge in [-0.25, -0.2) is 0 Å². The Morgan fingerprint density at radius 2 is 1.81 bits per heavy atom. The molecule has 0 aromatic carbocycles. The van der Waals surface area contributed by atoms with Crippen LogP contribution in [-0.4, -0.2) is 36.3 Å². The Labute approximate surface area is 93.9 Å². The Morgan fingerprint density at radius 3 is 2.19 bits per heavy atom. The number of primary amides is 1. The first-order chi connectivity index (χ1) is 7.38. The van der Waals surface area contributed by atoms with Gasteiger partial charge in [0.05, 0.1) is 12.6 Å². The summed E-state index contributed by atoms with van der Waals surface area (Å²) in [4.78, 5) is 33.2. The van der Waals surface area contributed by atoms with Crippen LogP contribution in [-0.2, 0) is 14.4 Å². The molecule has 3 amide bonds. The summed E-state index contributed by atoms with van der Waals surface area (Å²) in [5.74, 6) is -1.50. The van der Waals surface area contributed by atoms with Crippen molar-refractivity contribution >= 4 is 17.7 Å². The van der Waals surface area contributed by atoms with E-state index in [2.05, 4.69) is 10.6 Å². The highest BCUT2D eigenvalue weighted by Gasteiger charge is 2.20. The molecule has 2 atom stereocenters. The molecule has 0 aromatic heterocycles. The summed E-state index contributed by atoms with van der Waals surface area (Å²) in [6.45, 7) is 3.00. The zero-order valence-corrected chi connectivity index (χ0v) is 9.45. The van der Waals surface area contributed by atoms with Gasteiger partial charge in [0.1, 0.15) is 6.04 Å². The highest BCUT2D eigenvalue weighted by molar-refractivity contribution is 5.91. The molecular weight excluding hydrogens is 212 g/mol. The standard InChI is InChI=1S/C9H18N4O3/c1-3-6(13-8(15)5(2)10)9(16)12-4-7(11)14/h5-6H,3-4,10H2,1-2H3,(H2,11,14)(H,12,16)(H,13,15)/t5-,6-/m1/s1. The van der Waals surface area contributed by atoms with Crippen molar-refractivity contribution in [3.63, 3.8) is 0 Å². The third-order valence-electron chi connectivity index (χ3n) is 1.89. The van der Waals surface area contributed by atoms with Gasteiger partial charge in [0.25, 0.3) is 0 Å². The minimum absolute atomic E-state index is 0.247. The molecule has 7 heteroatoms. The van der Waals surface area contributed by atoms with Crippen molar-refractivity contribution in [3.8, 4) is 0 Å².